The Morgan fingerprint density at radius 2 is 1.87 bits per heavy atom. The molecule has 208 valence electrons. The Kier molecular flexibility index (Phi) is 9.45. The number of amides is 2. The fourth-order valence-corrected chi connectivity index (χ4v) is 4.61. The molecule has 4 rings (SSSR count). The normalized spacial score (nSPS) is 14.5. The minimum absolute atomic E-state index is 0.126. The number of carbonyl (C=O) groups excluding carboxylic acids is 2. The monoisotopic (exact) mass is 535 g/mol. The molecule has 1 saturated heterocycles. The first-order valence-electron chi connectivity index (χ1n) is 13.2. The van der Waals surface area contributed by atoms with Crippen LogP contribution < -0.4 is 20.7 Å². The zero-order valence-corrected chi connectivity index (χ0v) is 23.0. The molecule has 1 aliphatic rings. The second-order valence-corrected chi connectivity index (χ2v) is 9.38. The van der Waals surface area contributed by atoms with Gasteiger partial charge in [-0.2, -0.15) is 5.10 Å². The lowest BCUT2D eigenvalue weighted by Gasteiger charge is -2.20. The number of ether oxygens (including phenoxy) is 1. The number of para-hydroxylation sites is 1. The number of benzene rings is 1. The van der Waals surface area contributed by atoms with Gasteiger partial charge in [-0.1, -0.05) is 13.0 Å². The summed E-state index contributed by atoms with van der Waals surface area (Å²) in [6.45, 7) is 8.00. The minimum Gasteiger partial charge on any atom is -0.494 e. The number of aryl methyl sites for hydroxylation is 1. The second kappa shape index (κ2) is 13.2. The van der Waals surface area contributed by atoms with Crippen LogP contribution in [0.15, 0.2) is 36.8 Å². The predicted molar refractivity (Wildman–Crippen MR) is 150 cm³/mol. The SMILES string of the molecule is CCN1CCCN(CCC(=O)Nc2cc(Nc3cccc(-c4ncn(C)n4)c3OC)c(C(=O)NC)cn2)CC1. The third-order valence-electron chi connectivity index (χ3n) is 6.76. The maximum absolute atomic E-state index is 12.8. The lowest BCUT2D eigenvalue weighted by Crippen LogP contribution is -2.32. The van der Waals surface area contributed by atoms with Crippen LogP contribution in [0.3, 0.4) is 0 Å². The van der Waals surface area contributed by atoms with Crippen LogP contribution in [0.25, 0.3) is 11.4 Å². The number of hydrogen-bond acceptors (Lipinski definition) is 9. The van der Waals surface area contributed by atoms with Crippen LogP contribution in [-0.4, -0.2) is 94.8 Å². The molecule has 0 unspecified atom stereocenters. The number of pyridine rings is 1. The van der Waals surface area contributed by atoms with E-state index in [2.05, 4.69) is 47.7 Å². The summed E-state index contributed by atoms with van der Waals surface area (Å²) in [6, 6.07) is 7.20. The van der Waals surface area contributed by atoms with E-state index in [0.717, 1.165) is 39.1 Å². The van der Waals surface area contributed by atoms with Crippen molar-refractivity contribution < 1.29 is 14.3 Å². The molecule has 0 atom stereocenters. The van der Waals surface area contributed by atoms with Gasteiger partial charge in [0.25, 0.3) is 5.91 Å². The highest BCUT2D eigenvalue weighted by Crippen LogP contribution is 2.37. The van der Waals surface area contributed by atoms with Crippen LogP contribution in [0, 0.1) is 0 Å². The molecule has 3 N–H and O–H groups in total. The maximum Gasteiger partial charge on any atom is 0.254 e. The van der Waals surface area contributed by atoms with Gasteiger partial charge in [-0.15, -0.1) is 0 Å². The molecule has 1 fully saturated rings. The quantitative estimate of drug-likeness (QED) is 0.358. The standard InChI is InChI=1S/C27H37N9O3/c1-5-35-11-7-12-36(15-14-35)13-10-24(37)32-23-16-22(20(17-29-23)27(38)28-2)31-21-9-6-8-19(25(21)39-4)26-30-18-34(3)33-26/h6,8-9,16-18H,5,7,10-15H2,1-4H3,(H,28,38)(H2,29,31,32,37). The first kappa shape index (κ1) is 28.0. The van der Waals surface area contributed by atoms with E-state index in [4.69, 9.17) is 4.74 Å². The van der Waals surface area contributed by atoms with E-state index in [1.165, 1.54) is 6.20 Å². The molecule has 12 heteroatoms. The van der Waals surface area contributed by atoms with Crippen LogP contribution in [0.1, 0.15) is 30.1 Å². The highest BCUT2D eigenvalue weighted by Gasteiger charge is 2.19. The van der Waals surface area contributed by atoms with Crippen molar-refractivity contribution in [3.63, 3.8) is 0 Å². The zero-order valence-electron chi connectivity index (χ0n) is 23.0. The van der Waals surface area contributed by atoms with Crippen molar-refractivity contribution in [1.82, 2.24) is 34.9 Å². The summed E-state index contributed by atoms with van der Waals surface area (Å²) in [5.41, 5.74) is 2.10. The lowest BCUT2D eigenvalue weighted by atomic mass is 10.1. The molecule has 12 nitrogen and oxygen atoms in total. The largest absolute Gasteiger partial charge is 0.494 e. The van der Waals surface area contributed by atoms with Gasteiger partial charge >= 0.3 is 0 Å². The Hall–Kier alpha value is -4.03. The molecular weight excluding hydrogens is 498 g/mol. The number of rotatable bonds is 10. The second-order valence-electron chi connectivity index (χ2n) is 9.38. The topological polar surface area (TPSA) is 130 Å². The van der Waals surface area contributed by atoms with Crippen LogP contribution in [0.4, 0.5) is 17.2 Å². The molecule has 1 aliphatic heterocycles. The fraction of sp³-hybridized carbons (Fsp3) is 0.444. The number of nitrogens with one attached hydrogen (secondary N) is 3. The summed E-state index contributed by atoms with van der Waals surface area (Å²) < 4.78 is 7.31. The van der Waals surface area contributed by atoms with Gasteiger partial charge in [0.05, 0.1) is 29.6 Å². The molecular formula is C27H37N9O3. The average Bonchev–Trinajstić information content (AvgIpc) is 3.24. The fourth-order valence-electron chi connectivity index (χ4n) is 4.61. The summed E-state index contributed by atoms with van der Waals surface area (Å²) in [5.74, 6) is 0.946. The van der Waals surface area contributed by atoms with Crippen molar-refractivity contribution in [3.8, 4) is 17.1 Å². The summed E-state index contributed by atoms with van der Waals surface area (Å²) in [7, 11) is 4.91. The first-order valence-corrected chi connectivity index (χ1v) is 13.2. The van der Waals surface area contributed by atoms with Gasteiger partial charge in [0.2, 0.25) is 5.91 Å². The summed E-state index contributed by atoms with van der Waals surface area (Å²) in [5, 5.41) is 13.2. The molecule has 3 aromatic rings. The minimum atomic E-state index is -0.313. The van der Waals surface area contributed by atoms with Crippen LogP contribution in [0.5, 0.6) is 5.75 Å². The van der Waals surface area contributed by atoms with Crippen molar-refractivity contribution in [2.24, 2.45) is 7.05 Å². The highest BCUT2D eigenvalue weighted by atomic mass is 16.5. The molecule has 2 amide bonds. The van der Waals surface area contributed by atoms with Crippen molar-refractivity contribution in [2.45, 2.75) is 19.8 Å². The zero-order chi connectivity index (χ0) is 27.8. The molecule has 3 heterocycles. The molecule has 0 radical (unpaired) electrons. The van der Waals surface area contributed by atoms with E-state index >= 15 is 0 Å². The highest BCUT2D eigenvalue weighted by molar-refractivity contribution is 6.01. The van der Waals surface area contributed by atoms with Gasteiger partial charge in [0, 0.05) is 52.4 Å². The lowest BCUT2D eigenvalue weighted by molar-refractivity contribution is -0.116. The van der Waals surface area contributed by atoms with Crippen LogP contribution in [0.2, 0.25) is 0 Å². The summed E-state index contributed by atoms with van der Waals surface area (Å²) in [6.07, 6.45) is 4.53. The van der Waals surface area contributed by atoms with E-state index < -0.39 is 0 Å². The van der Waals surface area contributed by atoms with Gasteiger partial charge in [-0.05, 0) is 38.2 Å². The molecule has 1 aromatic carbocycles. The smallest absolute Gasteiger partial charge is 0.254 e. The molecule has 39 heavy (non-hydrogen) atoms. The van der Waals surface area contributed by atoms with Crippen LogP contribution >= 0.6 is 0 Å². The van der Waals surface area contributed by atoms with Gasteiger partial charge in [0.15, 0.2) is 11.6 Å². The number of nitrogens with zero attached hydrogens (tertiary/aromatic N) is 6. The number of carbonyl (C=O) groups is 2. The Bertz CT molecular complexity index is 1290. The van der Waals surface area contributed by atoms with E-state index in [0.29, 0.717) is 52.9 Å². The Morgan fingerprint density at radius 3 is 2.59 bits per heavy atom. The molecule has 0 saturated carbocycles. The molecule has 0 bridgehead atoms. The van der Waals surface area contributed by atoms with E-state index in [1.807, 2.05) is 18.2 Å². The van der Waals surface area contributed by atoms with E-state index in [1.54, 1.807) is 38.3 Å². The Balaban J connectivity index is 1.51. The number of aromatic nitrogens is 4. The summed E-state index contributed by atoms with van der Waals surface area (Å²) in [4.78, 5) is 38.8. The van der Waals surface area contributed by atoms with Crippen molar-refractivity contribution in [3.05, 3.63) is 42.4 Å². The van der Waals surface area contributed by atoms with Gasteiger partial charge in [-0.25, -0.2) is 9.97 Å². The third-order valence-corrected chi connectivity index (χ3v) is 6.76. The summed E-state index contributed by atoms with van der Waals surface area (Å²) >= 11 is 0. The molecule has 2 aromatic heterocycles. The number of likely N-dealkylation sites (N-methyl/N-ethyl adjacent to an activating group) is 1. The number of hydrogen-bond donors (Lipinski definition) is 3. The predicted octanol–water partition coefficient (Wildman–Crippen LogP) is 2.35. The van der Waals surface area contributed by atoms with Crippen molar-refractivity contribution in [1.29, 1.82) is 0 Å². The Morgan fingerprint density at radius 1 is 1.08 bits per heavy atom. The van der Waals surface area contributed by atoms with Crippen LogP contribution in [-0.2, 0) is 11.8 Å². The van der Waals surface area contributed by atoms with E-state index in [-0.39, 0.29) is 11.8 Å². The number of methoxy groups -OCH3 is 1. The molecule has 0 spiro atoms. The maximum atomic E-state index is 12.8. The Labute approximate surface area is 228 Å². The van der Waals surface area contributed by atoms with Gasteiger partial charge in [0.1, 0.15) is 12.1 Å². The van der Waals surface area contributed by atoms with Crippen molar-refractivity contribution >= 4 is 29.0 Å². The van der Waals surface area contributed by atoms with Gasteiger partial charge in [-0.3, -0.25) is 14.3 Å². The number of anilines is 3. The molecule has 0 aliphatic carbocycles. The first-order chi connectivity index (χ1) is 18.9. The average molecular weight is 536 g/mol. The van der Waals surface area contributed by atoms with E-state index in [9.17, 15) is 9.59 Å². The van der Waals surface area contributed by atoms with Gasteiger partial charge < -0.3 is 30.5 Å². The van der Waals surface area contributed by atoms with Crippen molar-refractivity contribution in [2.75, 3.05) is 64.1 Å². The third kappa shape index (κ3) is 7.09.